The second kappa shape index (κ2) is 7.84. The number of hydrogen-bond acceptors (Lipinski definition) is 7. The number of aromatic nitrogens is 4. The monoisotopic (exact) mass is 455 g/mol. The van der Waals surface area contributed by atoms with Crippen LogP contribution in [0.25, 0.3) is 16.7 Å². The van der Waals surface area contributed by atoms with Crippen molar-refractivity contribution in [3.63, 3.8) is 0 Å². The van der Waals surface area contributed by atoms with E-state index >= 15 is 0 Å². The number of hydrogen-bond donors (Lipinski definition) is 2. The standard InChI is InChI=1S/C22H19F2N5O4/c1-2-33-22(32)17-18(30)16-19(26-21(17)31)27-29-9-7-15(25-20(16)29)28-8-3-4-14(28)12-10-11(23)5-6-13(12)24/h5-7,9-10,14,30H,2-4,8H2,1H3,(H,26,27,31). The van der Waals surface area contributed by atoms with E-state index in [4.69, 9.17) is 4.74 Å². The van der Waals surface area contributed by atoms with E-state index < -0.39 is 40.5 Å². The molecule has 1 fully saturated rings. The molecule has 9 nitrogen and oxygen atoms in total. The van der Waals surface area contributed by atoms with Crippen molar-refractivity contribution in [3.05, 3.63) is 63.6 Å². The Kier molecular flexibility index (Phi) is 4.95. The van der Waals surface area contributed by atoms with Crippen LogP contribution in [-0.4, -0.2) is 43.8 Å². The first-order valence-corrected chi connectivity index (χ1v) is 10.4. The highest BCUT2D eigenvalue weighted by atomic mass is 19.1. The Hall–Kier alpha value is -4.02. The van der Waals surface area contributed by atoms with Crippen molar-refractivity contribution in [1.29, 1.82) is 0 Å². The number of carbonyl (C=O) groups is 1. The van der Waals surface area contributed by atoms with Crippen molar-refractivity contribution in [3.8, 4) is 5.75 Å². The van der Waals surface area contributed by atoms with Crippen molar-refractivity contribution >= 4 is 28.5 Å². The summed E-state index contributed by atoms with van der Waals surface area (Å²) in [7, 11) is 0. The molecule has 0 spiro atoms. The molecule has 170 valence electrons. The number of ether oxygens (including phenoxy) is 1. The van der Waals surface area contributed by atoms with Gasteiger partial charge in [-0.15, -0.1) is 5.10 Å². The van der Waals surface area contributed by atoms with E-state index in [1.807, 2.05) is 4.90 Å². The summed E-state index contributed by atoms with van der Waals surface area (Å²) in [5.74, 6) is -2.11. The van der Waals surface area contributed by atoms with E-state index in [0.29, 0.717) is 18.8 Å². The van der Waals surface area contributed by atoms with Gasteiger partial charge in [0.25, 0.3) is 5.56 Å². The lowest BCUT2D eigenvalue weighted by Crippen LogP contribution is -2.24. The summed E-state index contributed by atoms with van der Waals surface area (Å²) in [6, 6.07) is 4.61. The maximum atomic E-state index is 14.5. The molecule has 1 aromatic carbocycles. The number of carbonyl (C=O) groups excluding carboxylic acids is 1. The molecule has 1 aliphatic rings. The average molecular weight is 455 g/mol. The van der Waals surface area contributed by atoms with E-state index in [1.54, 1.807) is 19.2 Å². The zero-order valence-electron chi connectivity index (χ0n) is 17.5. The Morgan fingerprint density at radius 3 is 2.94 bits per heavy atom. The van der Waals surface area contributed by atoms with Crippen LogP contribution in [0.15, 0.2) is 35.3 Å². The van der Waals surface area contributed by atoms with Crippen LogP contribution in [0.5, 0.6) is 5.75 Å². The molecule has 11 heteroatoms. The molecule has 1 saturated heterocycles. The molecule has 5 rings (SSSR count). The zero-order chi connectivity index (χ0) is 23.3. The predicted octanol–water partition coefficient (Wildman–Crippen LogP) is 3.07. The number of nitrogens with zero attached hydrogens (tertiary/aromatic N) is 4. The Labute approximate surface area is 185 Å². The number of aromatic hydroxyl groups is 1. The molecule has 1 aliphatic heterocycles. The molecule has 2 N–H and O–H groups in total. The van der Waals surface area contributed by atoms with Crippen LogP contribution in [0.2, 0.25) is 0 Å². The number of aromatic amines is 1. The summed E-state index contributed by atoms with van der Waals surface area (Å²) in [6.07, 6.45) is 2.94. The highest BCUT2D eigenvalue weighted by molar-refractivity contribution is 6.03. The minimum Gasteiger partial charge on any atom is -0.506 e. The number of esters is 1. The Bertz CT molecular complexity index is 1460. The van der Waals surface area contributed by atoms with Gasteiger partial charge in [0.05, 0.1) is 12.6 Å². The fourth-order valence-electron chi connectivity index (χ4n) is 4.31. The van der Waals surface area contributed by atoms with Gasteiger partial charge in [-0.25, -0.2) is 23.1 Å². The molecule has 3 aromatic heterocycles. The highest BCUT2D eigenvalue weighted by Gasteiger charge is 2.30. The van der Waals surface area contributed by atoms with Gasteiger partial charge in [0.15, 0.2) is 22.6 Å². The van der Waals surface area contributed by atoms with Gasteiger partial charge in [-0.3, -0.25) is 4.79 Å². The molecular formula is C22H19F2N5O4. The third-order valence-corrected chi connectivity index (χ3v) is 5.75. The number of nitrogens with one attached hydrogen (secondary N) is 1. The molecule has 1 unspecified atom stereocenters. The van der Waals surface area contributed by atoms with E-state index in [9.17, 15) is 23.5 Å². The summed E-state index contributed by atoms with van der Waals surface area (Å²) < 4.78 is 34.5. The summed E-state index contributed by atoms with van der Waals surface area (Å²) in [5.41, 5.74) is -0.892. The van der Waals surface area contributed by atoms with E-state index in [-0.39, 0.29) is 28.9 Å². The Balaban J connectivity index is 1.65. The second-order valence-corrected chi connectivity index (χ2v) is 7.69. The van der Waals surface area contributed by atoms with Crippen molar-refractivity contribution in [2.75, 3.05) is 18.1 Å². The van der Waals surface area contributed by atoms with Gasteiger partial charge in [-0.2, -0.15) is 0 Å². The van der Waals surface area contributed by atoms with Gasteiger partial charge in [0, 0.05) is 18.3 Å². The number of anilines is 1. The molecule has 0 radical (unpaired) electrons. The van der Waals surface area contributed by atoms with Gasteiger partial charge in [-0.05, 0) is 44.0 Å². The van der Waals surface area contributed by atoms with Crippen molar-refractivity contribution < 1.29 is 23.4 Å². The minimum atomic E-state index is -0.963. The first-order valence-electron chi connectivity index (χ1n) is 10.4. The lowest BCUT2D eigenvalue weighted by molar-refractivity contribution is 0.0521. The number of pyridine rings is 1. The molecule has 0 saturated carbocycles. The molecule has 0 aliphatic carbocycles. The van der Waals surface area contributed by atoms with Crippen LogP contribution < -0.4 is 10.5 Å². The largest absolute Gasteiger partial charge is 0.506 e. The predicted molar refractivity (Wildman–Crippen MR) is 114 cm³/mol. The quantitative estimate of drug-likeness (QED) is 0.455. The maximum Gasteiger partial charge on any atom is 0.347 e. The first kappa shape index (κ1) is 20.9. The molecule has 4 heterocycles. The number of benzene rings is 1. The van der Waals surface area contributed by atoms with Gasteiger partial charge in [0.1, 0.15) is 22.8 Å². The smallest absolute Gasteiger partial charge is 0.347 e. The van der Waals surface area contributed by atoms with Crippen LogP contribution in [0, 0.1) is 11.6 Å². The van der Waals surface area contributed by atoms with E-state index in [1.165, 1.54) is 10.6 Å². The summed E-state index contributed by atoms with van der Waals surface area (Å²) in [5, 5.41) is 15.0. The molecule has 4 aromatic rings. The summed E-state index contributed by atoms with van der Waals surface area (Å²) in [6.45, 7) is 2.17. The molecule has 1 atom stereocenters. The normalized spacial score (nSPS) is 16.1. The molecular weight excluding hydrogens is 436 g/mol. The molecule has 33 heavy (non-hydrogen) atoms. The maximum absolute atomic E-state index is 14.5. The number of H-pyrrole nitrogens is 1. The highest BCUT2D eigenvalue weighted by Crippen LogP contribution is 2.37. The Morgan fingerprint density at radius 1 is 1.33 bits per heavy atom. The zero-order valence-corrected chi connectivity index (χ0v) is 17.5. The second-order valence-electron chi connectivity index (χ2n) is 7.69. The number of fused-ring (bicyclic) bond motifs is 3. The van der Waals surface area contributed by atoms with Crippen molar-refractivity contribution in [2.24, 2.45) is 0 Å². The Morgan fingerprint density at radius 2 is 2.15 bits per heavy atom. The molecule has 0 amide bonds. The van der Waals surface area contributed by atoms with Crippen LogP contribution in [0.1, 0.15) is 41.7 Å². The topological polar surface area (TPSA) is 113 Å². The lowest BCUT2D eigenvalue weighted by atomic mass is 10.0. The summed E-state index contributed by atoms with van der Waals surface area (Å²) >= 11 is 0. The van der Waals surface area contributed by atoms with Crippen molar-refractivity contribution in [2.45, 2.75) is 25.8 Å². The van der Waals surface area contributed by atoms with Crippen LogP contribution >= 0.6 is 0 Å². The van der Waals surface area contributed by atoms with E-state index in [2.05, 4.69) is 15.1 Å². The number of halogens is 2. The van der Waals surface area contributed by atoms with Gasteiger partial charge in [0.2, 0.25) is 0 Å². The SMILES string of the molecule is CCOC(=O)c1c(O)c2c(nn3ccc(N4CCCC4c4cc(F)ccc4F)nc23)[nH]c1=O. The average Bonchev–Trinajstić information content (AvgIpc) is 3.39. The fraction of sp³-hybridized carbons (Fsp3) is 0.273. The lowest BCUT2D eigenvalue weighted by Gasteiger charge is -2.26. The van der Waals surface area contributed by atoms with Crippen molar-refractivity contribution in [1.82, 2.24) is 19.6 Å². The van der Waals surface area contributed by atoms with E-state index in [0.717, 1.165) is 18.6 Å². The van der Waals surface area contributed by atoms with Crippen LogP contribution in [0.3, 0.4) is 0 Å². The molecule has 0 bridgehead atoms. The minimum absolute atomic E-state index is 0.0277. The van der Waals surface area contributed by atoms with Crippen LogP contribution in [0.4, 0.5) is 14.6 Å². The van der Waals surface area contributed by atoms with Gasteiger partial charge >= 0.3 is 5.97 Å². The van der Waals surface area contributed by atoms with Gasteiger partial charge < -0.3 is 19.7 Å². The third kappa shape index (κ3) is 3.36. The first-order chi connectivity index (χ1) is 15.9. The number of rotatable bonds is 4. The van der Waals surface area contributed by atoms with Crippen LogP contribution in [-0.2, 0) is 4.74 Å². The third-order valence-electron chi connectivity index (χ3n) is 5.75. The van der Waals surface area contributed by atoms with Gasteiger partial charge in [-0.1, -0.05) is 0 Å². The fourth-order valence-corrected chi connectivity index (χ4v) is 4.31. The summed E-state index contributed by atoms with van der Waals surface area (Å²) in [4.78, 5) is 33.4.